The van der Waals surface area contributed by atoms with Gasteiger partial charge >= 0.3 is 0 Å². The minimum atomic E-state index is -3.86. The molecule has 0 unspecified atom stereocenters. The van der Waals surface area contributed by atoms with E-state index >= 15 is 0 Å². The van der Waals surface area contributed by atoms with E-state index in [1.54, 1.807) is 0 Å². The second-order valence-corrected chi connectivity index (χ2v) is 5.42. The highest BCUT2D eigenvalue weighted by atomic mass is 35.5. The van der Waals surface area contributed by atoms with E-state index in [4.69, 9.17) is 16.3 Å². The molecule has 0 fully saturated rings. The molecule has 0 amide bonds. The van der Waals surface area contributed by atoms with E-state index in [2.05, 4.69) is 4.72 Å². The maximum Gasteiger partial charge on any atom is 0.240 e. The summed E-state index contributed by atoms with van der Waals surface area (Å²) in [7, 11) is -3.86. The zero-order valence-corrected chi connectivity index (χ0v) is 10.9. The Morgan fingerprint density at radius 2 is 1.94 bits per heavy atom. The van der Waals surface area contributed by atoms with Crippen LogP contribution in [0.15, 0.2) is 23.1 Å². The number of sulfonamides is 1. The predicted octanol–water partition coefficient (Wildman–Crippen LogP) is 1.50. The van der Waals surface area contributed by atoms with Crippen LogP contribution < -0.4 is 4.72 Å². The van der Waals surface area contributed by atoms with Gasteiger partial charge in [-0.05, 0) is 18.2 Å². The fraction of sp³-hybridized carbons (Fsp3) is 0.400. The summed E-state index contributed by atoms with van der Waals surface area (Å²) in [5, 5.41) is 0. The molecule has 4 nitrogen and oxygen atoms in total. The van der Waals surface area contributed by atoms with Crippen molar-refractivity contribution in [1.82, 2.24) is 4.72 Å². The first-order valence-electron chi connectivity index (χ1n) is 5.06. The first-order valence-corrected chi connectivity index (χ1v) is 7.07. The molecule has 0 aliphatic rings. The molecule has 1 aromatic carbocycles. The third-order valence-electron chi connectivity index (χ3n) is 1.96. The van der Waals surface area contributed by atoms with Crippen LogP contribution in [0.1, 0.15) is 0 Å². The summed E-state index contributed by atoms with van der Waals surface area (Å²) in [6.45, 7) is 0.488. The third-order valence-corrected chi connectivity index (χ3v) is 3.57. The van der Waals surface area contributed by atoms with Crippen LogP contribution in [0.4, 0.5) is 8.78 Å². The Hall–Kier alpha value is -0.760. The van der Waals surface area contributed by atoms with Crippen LogP contribution in [0.3, 0.4) is 0 Å². The van der Waals surface area contributed by atoms with Crippen molar-refractivity contribution in [2.45, 2.75) is 4.90 Å². The molecule has 1 N–H and O–H groups in total. The summed E-state index contributed by atoms with van der Waals surface area (Å²) in [4.78, 5) is -0.334. The number of hydrogen-bond donors (Lipinski definition) is 1. The molecule has 0 aromatic heterocycles. The Morgan fingerprint density at radius 3 is 2.56 bits per heavy atom. The van der Waals surface area contributed by atoms with Gasteiger partial charge in [-0.25, -0.2) is 21.9 Å². The molecule has 0 atom stereocenters. The topological polar surface area (TPSA) is 55.4 Å². The van der Waals surface area contributed by atoms with Crippen LogP contribution in [-0.2, 0) is 14.8 Å². The van der Waals surface area contributed by atoms with E-state index in [1.165, 1.54) is 0 Å². The van der Waals surface area contributed by atoms with Crippen molar-refractivity contribution in [3.05, 3.63) is 29.8 Å². The van der Waals surface area contributed by atoms with E-state index < -0.39 is 21.7 Å². The number of nitrogens with one attached hydrogen (secondary N) is 1. The molecule has 0 radical (unpaired) electrons. The number of hydrogen-bond acceptors (Lipinski definition) is 3. The second kappa shape index (κ2) is 6.98. The summed E-state index contributed by atoms with van der Waals surface area (Å²) < 4.78 is 56.0. The lowest BCUT2D eigenvalue weighted by atomic mass is 10.3. The minimum absolute atomic E-state index is 0.0260. The molecule has 18 heavy (non-hydrogen) atoms. The number of rotatable bonds is 7. The van der Waals surface area contributed by atoms with E-state index in [1.807, 2.05) is 0 Å². The minimum Gasteiger partial charge on any atom is -0.379 e. The van der Waals surface area contributed by atoms with Crippen molar-refractivity contribution in [3.8, 4) is 0 Å². The van der Waals surface area contributed by atoms with Crippen molar-refractivity contribution >= 4 is 21.6 Å². The molecular formula is C10H12ClF2NO3S. The standard InChI is InChI=1S/C10H12ClF2NO3S/c11-3-5-17-6-4-14-18(15,16)8-1-2-9(12)10(13)7-8/h1-2,7,14H,3-6H2. The first-order chi connectivity index (χ1) is 8.47. The largest absolute Gasteiger partial charge is 0.379 e. The van der Waals surface area contributed by atoms with Gasteiger partial charge in [0.05, 0.1) is 18.1 Å². The van der Waals surface area contributed by atoms with Crippen molar-refractivity contribution in [2.75, 3.05) is 25.6 Å². The summed E-state index contributed by atoms with van der Waals surface area (Å²) in [5.74, 6) is -1.99. The SMILES string of the molecule is O=S(=O)(NCCOCCCl)c1ccc(F)c(F)c1. The molecule has 0 saturated heterocycles. The number of benzene rings is 1. The lowest BCUT2D eigenvalue weighted by Gasteiger charge is -2.07. The molecule has 0 bridgehead atoms. The third kappa shape index (κ3) is 4.49. The predicted molar refractivity (Wildman–Crippen MR) is 63.1 cm³/mol. The molecule has 0 heterocycles. The van der Waals surface area contributed by atoms with Crippen LogP contribution in [-0.4, -0.2) is 34.1 Å². The van der Waals surface area contributed by atoms with Crippen molar-refractivity contribution < 1.29 is 21.9 Å². The zero-order chi connectivity index (χ0) is 13.6. The van der Waals surface area contributed by atoms with Gasteiger partial charge in [0.2, 0.25) is 10.0 Å². The van der Waals surface area contributed by atoms with Gasteiger partial charge in [-0.2, -0.15) is 0 Å². The molecular weight excluding hydrogens is 288 g/mol. The summed E-state index contributed by atoms with van der Waals surface area (Å²) >= 11 is 5.36. The molecule has 0 aliphatic carbocycles. The Balaban J connectivity index is 2.60. The summed E-state index contributed by atoms with van der Waals surface area (Å²) in [6.07, 6.45) is 0. The monoisotopic (exact) mass is 299 g/mol. The molecule has 8 heteroatoms. The first kappa shape index (κ1) is 15.3. The van der Waals surface area contributed by atoms with Gasteiger partial charge in [0.15, 0.2) is 11.6 Å². The molecule has 1 aromatic rings. The maximum atomic E-state index is 12.9. The van der Waals surface area contributed by atoms with Crippen molar-refractivity contribution in [1.29, 1.82) is 0 Å². The summed E-state index contributed by atoms with van der Waals surface area (Å²) in [5.41, 5.74) is 0. The van der Waals surface area contributed by atoms with Crippen molar-refractivity contribution in [2.24, 2.45) is 0 Å². The van der Waals surface area contributed by atoms with Crippen LogP contribution in [0.2, 0.25) is 0 Å². The number of ether oxygens (including phenoxy) is 1. The Bertz CT molecular complexity index is 496. The Kier molecular flexibility index (Phi) is 5.94. The molecule has 0 spiro atoms. The highest BCUT2D eigenvalue weighted by Gasteiger charge is 2.15. The van der Waals surface area contributed by atoms with Gasteiger partial charge in [-0.1, -0.05) is 0 Å². The number of halogens is 3. The van der Waals surface area contributed by atoms with E-state index in [-0.39, 0.29) is 18.0 Å². The van der Waals surface area contributed by atoms with Crippen LogP contribution in [0.5, 0.6) is 0 Å². The van der Waals surface area contributed by atoms with Gasteiger partial charge in [-0.15, -0.1) is 11.6 Å². The molecule has 0 saturated carbocycles. The fourth-order valence-electron chi connectivity index (χ4n) is 1.13. The smallest absolute Gasteiger partial charge is 0.240 e. The average molecular weight is 300 g/mol. The van der Waals surface area contributed by atoms with E-state index in [0.29, 0.717) is 18.6 Å². The lowest BCUT2D eigenvalue weighted by molar-refractivity contribution is 0.155. The Labute approximate surface area is 109 Å². The van der Waals surface area contributed by atoms with Crippen LogP contribution >= 0.6 is 11.6 Å². The van der Waals surface area contributed by atoms with Crippen molar-refractivity contribution in [3.63, 3.8) is 0 Å². The van der Waals surface area contributed by atoms with Gasteiger partial charge < -0.3 is 4.74 Å². The zero-order valence-electron chi connectivity index (χ0n) is 9.33. The second-order valence-electron chi connectivity index (χ2n) is 3.28. The molecule has 0 aliphatic heterocycles. The van der Waals surface area contributed by atoms with E-state index in [9.17, 15) is 17.2 Å². The Morgan fingerprint density at radius 1 is 1.22 bits per heavy atom. The molecule has 1 rings (SSSR count). The average Bonchev–Trinajstić information content (AvgIpc) is 2.32. The van der Waals surface area contributed by atoms with Gasteiger partial charge in [0.1, 0.15) is 0 Å². The van der Waals surface area contributed by atoms with Crippen LogP contribution in [0.25, 0.3) is 0 Å². The fourth-order valence-corrected chi connectivity index (χ4v) is 2.27. The lowest BCUT2D eigenvalue weighted by Crippen LogP contribution is -2.27. The van der Waals surface area contributed by atoms with Gasteiger partial charge in [0, 0.05) is 12.4 Å². The number of alkyl halides is 1. The summed E-state index contributed by atoms with van der Waals surface area (Å²) in [6, 6.07) is 2.37. The van der Waals surface area contributed by atoms with Crippen LogP contribution in [0, 0.1) is 11.6 Å². The normalized spacial score (nSPS) is 11.7. The maximum absolute atomic E-state index is 12.9. The van der Waals surface area contributed by atoms with Gasteiger partial charge in [0.25, 0.3) is 0 Å². The molecule has 102 valence electrons. The van der Waals surface area contributed by atoms with Gasteiger partial charge in [-0.3, -0.25) is 0 Å². The highest BCUT2D eigenvalue weighted by molar-refractivity contribution is 7.89. The van der Waals surface area contributed by atoms with E-state index in [0.717, 1.165) is 12.1 Å². The quantitative estimate of drug-likeness (QED) is 0.613. The highest BCUT2D eigenvalue weighted by Crippen LogP contribution is 2.13.